The van der Waals surface area contributed by atoms with Crippen LogP contribution < -0.4 is 5.32 Å². The van der Waals surface area contributed by atoms with Crippen LogP contribution in [0.15, 0.2) is 0 Å². The van der Waals surface area contributed by atoms with E-state index in [0.717, 1.165) is 23.5 Å². The number of likely N-dealkylation sites (tertiary alicyclic amines) is 1. The van der Waals surface area contributed by atoms with Crippen molar-refractivity contribution in [2.24, 2.45) is 5.92 Å². The number of halogens is 1. The number of aromatic nitrogens is 1. The highest BCUT2D eigenvalue weighted by molar-refractivity contribution is 7.16. The molecule has 1 saturated carbocycles. The number of carbonyl (C=O) groups is 2. The minimum absolute atomic E-state index is 0.0223. The molecular weight excluding hydrogens is 310 g/mol. The molecule has 1 saturated heterocycles. The topological polar surface area (TPSA) is 62.3 Å². The van der Waals surface area contributed by atoms with Crippen LogP contribution in [0.3, 0.4) is 0 Å². The highest BCUT2D eigenvalue weighted by Gasteiger charge is 2.41. The zero-order valence-corrected chi connectivity index (χ0v) is 13.5. The Morgan fingerprint density at radius 2 is 2.29 bits per heavy atom. The van der Waals surface area contributed by atoms with Gasteiger partial charge in [-0.2, -0.15) is 0 Å². The molecule has 5 nitrogen and oxygen atoms in total. The maximum atomic E-state index is 12.1. The summed E-state index contributed by atoms with van der Waals surface area (Å²) in [6.07, 6.45) is 3.20. The van der Waals surface area contributed by atoms with E-state index in [2.05, 4.69) is 10.3 Å². The summed E-state index contributed by atoms with van der Waals surface area (Å²) in [6.45, 7) is 2.99. The predicted molar refractivity (Wildman–Crippen MR) is 81.4 cm³/mol. The van der Waals surface area contributed by atoms with E-state index in [9.17, 15) is 9.59 Å². The molecule has 1 aliphatic carbocycles. The average molecular weight is 328 g/mol. The zero-order valence-electron chi connectivity index (χ0n) is 11.9. The first kappa shape index (κ1) is 14.8. The number of carbonyl (C=O) groups excluding carboxylic acids is 2. The van der Waals surface area contributed by atoms with Gasteiger partial charge in [-0.3, -0.25) is 9.59 Å². The molecule has 2 amide bonds. The van der Waals surface area contributed by atoms with E-state index in [1.54, 1.807) is 0 Å². The molecule has 7 heteroatoms. The van der Waals surface area contributed by atoms with Crippen LogP contribution in [0.5, 0.6) is 0 Å². The Morgan fingerprint density at radius 3 is 2.90 bits per heavy atom. The van der Waals surface area contributed by atoms with Gasteiger partial charge in [0.25, 0.3) is 0 Å². The van der Waals surface area contributed by atoms with E-state index in [1.165, 1.54) is 11.3 Å². The van der Waals surface area contributed by atoms with Gasteiger partial charge in [-0.1, -0.05) is 11.6 Å². The summed E-state index contributed by atoms with van der Waals surface area (Å²) in [4.78, 5) is 30.1. The fourth-order valence-corrected chi connectivity index (χ4v) is 3.72. The lowest BCUT2D eigenvalue weighted by Crippen LogP contribution is -2.34. The fraction of sp³-hybridized carbons (Fsp3) is 0.643. The second-order valence-electron chi connectivity index (χ2n) is 5.69. The number of rotatable bonds is 5. The summed E-state index contributed by atoms with van der Waals surface area (Å²) in [5.74, 6) is -0.0921. The fourth-order valence-electron chi connectivity index (χ4n) is 2.62. The molecule has 1 aliphatic heterocycles. The normalized spacial score (nSPS) is 21.9. The smallest absolute Gasteiger partial charge is 0.225 e. The number of nitrogens with one attached hydrogen (secondary N) is 1. The molecule has 21 heavy (non-hydrogen) atoms. The maximum absolute atomic E-state index is 12.1. The summed E-state index contributed by atoms with van der Waals surface area (Å²) in [5, 5.41) is 3.84. The highest BCUT2D eigenvalue weighted by atomic mass is 35.5. The molecule has 1 atom stereocenters. The lowest BCUT2D eigenvalue weighted by molar-refractivity contribution is -0.129. The molecular formula is C14H18ClN3O2S. The van der Waals surface area contributed by atoms with Crippen molar-refractivity contribution < 1.29 is 9.59 Å². The first-order valence-corrected chi connectivity index (χ1v) is 8.43. The van der Waals surface area contributed by atoms with Gasteiger partial charge < -0.3 is 10.2 Å². The molecule has 1 aromatic rings. The van der Waals surface area contributed by atoms with E-state index in [0.29, 0.717) is 36.3 Å². The highest BCUT2D eigenvalue weighted by Crippen LogP contribution is 2.32. The summed E-state index contributed by atoms with van der Waals surface area (Å²) in [5.41, 5.74) is 0.837. The van der Waals surface area contributed by atoms with Crippen molar-refractivity contribution in [1.29, 1.82) is 0 Å². The van der Waals surface area contributed by atoms with Gasteiger partial charge in [0.2, 0.25) is 11.8 Å². The van der Waals surface area contributed by atoms with Gasteiger partial charge in [0, 0.05) is 32.0 Å². The third-order valence-electron chi connectivity index (χ3n) is 3.94. The molecule has 2 fully saturated rings. The molecule has 1 N–H and O–H groups in total. The molecule has 0 bridgehead atoms. The number of thiazole rings is 1. The van der Waals surface area contributed by atoms with E-state index in [-0.39, 0.29) is 17.7 Å². The van der Waals surface area contributed by atoms with Crippen LogP contribution in [0.1, 0.15) is 30.0 Å². The zero-order chi connectivity index (χ0) is 15.0. The van der Waals surface area contributed by atoms with Crippen LogP contribution in [0.4, 0.5) is 0 Å². The third kappa shape index (κ3) is 3.37. The number of aryl methyl sites for hydroxylation is 1. The van der Waals surface area contributed by atoms with Crippen LogP contribution in [-0.2, 0) is 16.0 Å². The second-order valence-corrected chi connectivity index (χ2v) is 7.37. The van der Waals surface area contributed by atoms with E-state index < -0.39 is 0 Å². The SMILES string of the molecule is Cc1nc(CCNC(=O)C2CC(=O)N(C3CC3)C2)sc1Cl. The monoisotopic (exact) mass is 327 g/mol. The Morgan fingerprint density at radius 1 is 1.52 bits per heavy atom. The Bertz CT molecular complexity index is 551. The predicted octanol–water partition coefficient (Wildman–Crippen LogP) is 1.77. The van der Waals surface area contributed by atoms with Crippen molar-refractivity contribution in [3.63, 3.8) is 0 Å². The molecule has 1 unspecified atom stereocenters. The van der Waals surface area contributed by atoms with Gasteiger partial charge in [-0.15, -0.1) is 11.3 Å². The number of hydrogen-bond donors (Lipinski definition) is 1. The lowest BCUT2D eigenvalue weighted by atomic mass is 10.1. The molecule has 3 rings (SSSR count). The van der Waals surface area contributed by atoms with Gasteiger partial charge in [0.1, 0.15) is 4.34 Å². The van der Waals surface area contributed by atoms with Crippen LogP contribution in [0, 0.1) is 12.8 Å². The Balaban J connectivity index is 1.45. The summed E-state index contributed by atoms with van der Waals surface area (Å²) in [6, 6.07) is 0.399. The van der Waals surface area contributed by atoms with Crippen LogP contribution >= 0.6 is 22.9 Å². The third-order valence-corrected chi connectivity index (χ3v) is 5.45. The first-order chi connectivity index (χ1) is 10.0. The van der Waals surface area contributed by atoms with Crippen LogP contribution in [0.25, 0.3) is 0 Å². The van der Waals surface area contributed by atoms with Gasteiger partial charge in [0.05, 0.1) is 16.6 Å². The van der Waals surface area contributed by atoms with E-state index >= 15 is 0 Å². The molecule has 0 spiro atoms. The van der Waals surface area contributed by atoms with Gasteiger partial charge in [-0.25, -0.2) is 4.98 Å². The molecule has 2 heterocycles. The Labute approximate surface area is 132 Å². The van der Waals surface area contributed by atoms with Crippen LogP contribution in [-0.4, -0.2) is 40.8 Å². The maximum Gasteiger partial charge on any atom is 0.225 e. The van der Waals surface area contributed by atoms with Crippen LogP contribution in [0.2, 0.25) is 4.34 Å². The average Bonchev–Trinajstić information content (AvgIpc) is 3.13. The minimum atomic E-state index is -0.195. The number of amides is 2. The minimum Gasteiger partial charge on any atom is -0.355 e. The Hall–Kier alpha value is -1.14. The largest absolute Gasteiger partial charge is 0.355 e. The number of hydrogen-bond acceptors (Lipinski definition) is 4. The summed E-state index contributed by atoms with van der Waals surface area (Å²) < 4.78 is 0.706. The molecule has 1 aromatic heterocycles. The molecule has 0 aromatic carbocycles. The van der Waals surface area contributed by atoms with Crippen molar-refractivity contribution in [2.45, 2.75) is 38.6 Å². The first-order valence-electron chi connectivity index (χ1n) is 7.23. The molecule has 114 valence electrons. The van der Waals surface area contributed by atoms with Crippen molar-refractivity contribution in [2.75, 3.05) is 13.1 Å². The van der Waals surface area contributed by atoms with E-state index in [1.807, 2.05) is 11.8 Å². The molecule has 2 aliphatic rings. The van der Waals surface area contributed by atoms with Crippen molar-refractivity contribution in [3.8, 4) is 0 Å². The lowest BCUT2D eigenvalue weighted by Gasteiger charge is -2.15. The van der Waals surface area contributed by atoms with Crippen molar-refractivity contribution >= 4 is 34.8 Å². The summed E-state index contributed by atoms with van der Waals surface area (Å²) >= 11 is 7.42. The van der Waals surface area contributed by atoms with Gasteiger partial charge in [0.15, 0.2) is 0 Å². The van der Waals surface area contributed by atoms with Crippen molar-refractivity contribution in [3.05, 3.63) is 15.0 Å². The van der Waals surface area contributed by atoms with Crippen molar-refractivity contribution in [1.82, 2.24) is 15.2 Å². The Kier molecular flexibility index (Phi) is 4.17. The standard InChI is InChI=1S/C14H18ClN3O2S/c1-8-13(15)21-11(17-8)4-5-16-14(20)9-6-12(19)18(7-9)10-2-3-10/h9-10H,2-7H2,1H3,(H,16,20). The second kappa shape index (κ2) is 5.93. The summed E-state index contributed by atoms with van der Waals surface area (Å²) in [7, 11) is 0. The van der Waals surface area contributed by atoms with Gasteiger partial charge in [-0.05, 0) is 19.8 Å². The number of nitrogens with zero attached hydrogens (tertiary/aromatic N) is 2. The quantitative estimate of drug-likeness (QED) is 0.896. The van der Waals surface area contributed by atoms with E-state index in [4.69, 9.17) is 11.6 Å². The molecule has 0 radical (unpaired) electrons. The van der Waals surface area contributed by atoms with Gasteiger partial charge >= 0.3 is 0 Å².